The van der Waals surface area contributed by atoms with E-state index in [-0.39, 0.29) is 31.1 Å². The summed E-state index contributed by atoms with van der Waals surface area (Å²) < 4.78 is 16.8. The van der Waals surface area contributed by atoms with Crippen molar-refractivity contribution < 1.29 is 28.6 Å². The van der Waals surface area contributed by atoms with E-state index in [0.29, 0.717) is 19.3 Å². The molecule has 0 aliphatic heterocycles. The molecule has 0 spiro atoms. The molecule has 6 nitrogen and oxygen atoms in total. The van der Waals surface area contributed by atoms with Crippen LogP contribution in [0, 0.1) is 0 Å². The summed E-state index contributed by atoms with van der Waals surface area (Å²) in [4.78, 5) is 38.0. The highest BCUT2D eigenvalue weighted by Gasteiger charge is 2.19. The van der Waals surface area contributed by atoms with Gasteiger partial charge in [0.1, 0.15) is 13.2 Å². The Morgan fingerprint density at radius 3 is 0.818 bits per heavy atom. The maximum atomic E-state index is 12.8. The minimum atomic E-state index is -0.779. The first kappa shape index (κ1) is 73.1. The summed E-state index contributed by atoms with van der Waals surface area (Å²) in [6.45, 7) is 6.47. The van der Waals surface area contributed by atoms with Crippen molar-refractivity contribution in [2.75, 3.05) is 13.2 Å². The van der Waals surface area contributed by atoms with Gasteiger partial charge in [-0.15, -0.1) is 0 Å². The van der Waals surface area contributed by atoms with E-state index in [9.17, 15) is 14.4 Å². The van der Waals surface area contributed by atoms with Crippen LogP contribution in [0.2, 0.25) is 0 Å². The number of esters is 3. The lowest BCUT2D eigenvalue weighted by atomic mass is 10.0. The maximum Gasteiger partial charge on any atom is 0.306 e. The van der Waals surface area contributed by atoms with Crippen LogP contribution in [-0.4, -0.2) is 37.2 Å². The van der Waals surface area contributed by atoms with E-state index >= 15 is 0 Å². The molecule has 1 atom stereocenters. The van der Waals surface area contributed by atoms with Gasteiger partial charge in [0, 0.05) is 19.3 Å². The first-order chi connectivity index (χ1) is 38.0. The molecule has 77 heavy (non-hydrogen) atoms. The quantitative estimate of drug-likeness (QED) is 0.0261. The smallest absolute Gasteiger partial charge is 0.306 e. The highest BCUT2D eigenvalue weighted by atomic mass is 16.6. The molecule has 0 saturated carbocycles. The van der Waals surface area contributed by atoms with Crippen molar-refractivity contribution in [3.05, 3.63) is 109 Å². The highest BCUT2D eigenvalue weighted by Crippen LogP contribution is 2.16. The van der Waals surface area contributed by atoms with Gasteiger partial charge >= 0.3 is 17.9 Å². The Bertz CT molecular complexity index is 1560. The topological polar surface area (TPSA) is 78.9 Å². The van der Waals surface area contributed by atoms with Gasteiger partial charge in [-0.3, -0.25) is 14.4 Å². The Morgan fingerprint density at radius 1 is 0.273 bits per heavy atom. The summed E-state index contributed by atoms with van der Waals surface area (Å²) in [6, 6.07) is 0. The van der Waals surface area contributed by atoms with E-state index in [1.54, 1.807) is 0 Å². The van der Waals surface area contributed by atoms with Gasteiger partial charge < -0.3 is 14.2 Å². The Balaban J connectivity index is 4.06. The third-order valence-electron chi connectivity index (χ3n) is 13.8. The monoisotopic (exact) mass is 1070 g/mol. The number of carbonyl (C=O) groups is 3. The van der Waals surface area contributed by atoms with Gasteiger partial charge in [-0.05, 0) is 109 Å². The second kappa shape index (κ2) is 64.6. The number of hydrogen-bond acceptors (Lipinski definition) is 6. The Morgan fingerprint density at radius 2 is 0.506 bits per heavy atom. The van der Waals surface area contributed by atoms with Crippen LogP contribution in [-0.2, 0) is 28.6 Å². The molecule has 0 amide bonds. The number of allylic oxidation sites excluding steroid dienone is 18. The van der Waals surface area contributed by atoms with Crippen molar-refractivity contribution in [3.8, 4) is 0 Å². The molecule has 0 fully saturated rings. The van der Waals surface area contributed by atoms with Crippen molar-refractivity contribution in [1.29, 1.82) is 0 Å². The minimum absolute atomic E-state index is 0.0790. The lowest BCUT2D eigenvalue weighted by molar-refractivity contribution is -0.167. The Kier molecular flexibility index (Phi) is 61.3. The van der Waals surface area contributed by atoms with E-state index in [4.69, 9.17) is 14.2 Å². The molecule has 0 saturated heterocycles. The van der Waals surface area contributed by atoms with Gasteiger partial charge in [0.25, 0.3) is 0 Å². The van der Waals surface area contributed by atoms with Crippen LogP contribution in [0.3, 0.4) is 0 Å². The molecule has 0 N–H and O–H groups in total. The molecule has 0 aliphatic rings. The number of hydrogen-bond donors (Lipinski definition) is 0. The average Bonchev–Trinajstić information content (AvgIpc) is 3.43. The fourth-order valence-corrected chi connectivity index (χ4v) is 8.92. The molecule has 0 aliphatic carbocycles. The second-order valence-electron chi connectivity index (χ2n) is 21.3. The van der Waals surface area contributed by atoms with Crippen LogP contribution in [0.5, 0.6) is 0 Å². The van der Waals surface area contributed by atoms with Gasteiger partial charge in [0.05, 0.1) is 0 Å². The van der Waals surface area contributed by atoms with E-state index < -0.39 is 6.10 Å². The van der Waals surface area contributed by atoms with Crippen molar-refractivity contribution in [2.45, 2.75) is 309 Å². The maximum absolute atomic E-state index is 12.8. The van der Waals surface area contributed by atoms with E-state index in [2.05, 4.69) is 130 Å². The van der Waals surface area contributed by atoms with Crippen LogP contribution in [0.15, 0.2) is 109 Å². The molecule has 0 aromatic heterocycles. The zero-order chi connectivity index (χ0) is 55.7. The Labute approximate surface area is 476 Å². The summed E-state index contributed by atoms with van der Waals surface area (Å²) in [7, 11) is 0. The molecule has 1 unspecified atom stereocenters. The zero-order valence-corrected chi connectivity index (χ0v) is 50.4. The first-order valence-electron chi connectivity index (χ1n) is 32.4. The first-order valence-corrected chi connectivity index (χ1v) is 32.4. The normalized spacial score (nSPS) is 12.8. The Hall–Kier alpha value is -3.93. The molecule has 0 aromatic carbocycles. The number of ether oxygens (including phenoxy) is 3. The third-order valence-corrected chi connectivity index (χ3v) is 13.8. The standard InChI is InChI=1S/C71H120O6/c1-4-7-10-13-16-18-20-22-24-26-27-28-29-30-31-32-33-34-35-36-37-38-39-40-41-42-43-45-46-48-50-52-55-58-61-64-70(73)76-67-68(66-75-69(72)63-60-57-54-15-12-9-6-3)77-71(74)65-62-59-56-53-51-49-47-44-25-23-21-19-17-14-11-8-5-2/h7,10,16-19,22-25,27-28,30-31,33-34,36-37,68H,4-6,8-9,11-15,20-21,26,29,32,35,38-67H2,1-3H3/b10-7-,18-16-,19-17-,24-22-,25-23-,28-27-,31-30-,34-33-,37-36-. The van der Waals surface area contributed by atoms with E-state index in [1.165, 1.54) is 148 Å². The fourth-order valence-electron chi connectivity index (χ4n) is 8.92. The molecule has 0 bridgehead atoms. The van der Waals surface area contributed by atoms with Crippen LogP contribution >= 0.6 is 0 Å². The SMILES string of the molecule is CC/C=C\C/C=C\C/C=C\C/C=C\C/C=C\C/C=C\C/C=C\CCCCCCCCCCCCCCCC(=O)OCC(COC(=O)CCCCCCCCC)OC(=O)CCCCCCCCC/C=C\C/C=C\CCCCC. The van der Waals surface area contributed by atoms with Crippen LogP contribution in [0.1, 0.15) is 303 Å². The molecule has 0 rings (SSSR count). The molecular weight excluding hydrogens is 949 g/mol. The van der Waals surface area contributed by atoms with Crippen LogP contribution in [0.25, 0.3) is 0 Å². The van der Waals surface area contributed by atoms with Gasteiger partial charge in [-0.2, -0.15) is 0 Å². The van der Waals surface area contributed by atoms with Crippen LogP contribution < -0.4 is 0 Å². The summed E-state index contributed by atoms with van der Waals surface area (Å²) in [5.74, 6) is -0.888. The van der Waals surface area contributed by atoms with Crippen molar-refractivity contribution in [1.82, 2.24) is 0 Å². The molecule has 6 heteroatoms. The van der Waals surface area contributed by atoms with Gasteiger partial charge in [0.15, 0.2) is 6.10 Å². The minimum Gasteiger partial charge on any atom is -0.462 e. The van der Waals surface area contributed by atoms with E-state index in [1.807, 2.05) is 0 Å². The molecule has 0 radical (unpaired) electrons. The zero-order valence-electron chi connectivity index (χ0n) is 50.4. The predicted molar refractivity (Wildman–Crippen MR) is 334 cm³/mol. The molecule has 0 heterocycles. The molecule has 440 valence electrons. The van der Waals surface area contributed by atoms with Crippen molar-refractivity contribution in [2.24, 2.45) is 0 Å². The summed E-state index contributed by atoms with van der Waals surface area (Å²) >= 11 is 0. The summed E-state index contributed by atoms with van der Waals surface area (Å²) in [5.41, 5.74) is 0. The second-order valence-corrected chi connectivity index (χ2v) is 21.3. The van der Waals surface area contributed by atoms with Gasteiger partial charge in [0.2, 0.25) is 0 Å². The van der Waals surface area contributed by atoms with Gasteiger partial charge in [-0.25, -0.2) is 0 Å². The lowest BCUT2D eigenvalue weighted by Crippen LogP contribution is -2.30. The largest absolute Gasteiger partial charge is 0.462 e. The summed E-state index contributed by atoms with van der Waals surface area (Å²) in [6.07, 6.45) is 88.4. The van der Waals surface area contributed by atoms with Crippen LogP contribution in [0.4, 0.5) is 0 Å². The average molecular weight is 1070 g/mol. The number of carbonyl (C=O) groups excluding carboxylic acids is 3. The molecule has 0 aromatic rings. The number of unbranched alkanes of at least 4 members (excludes halogenated alkanes) is 29. The van der Waals surface area contributed by atoms with Gasteiger partial charge in [-0.1, -0.05) is 284 Å². The van der Waals surface area contributed by atoms with E-state index in [0.717, 1.165) is 116 Å². The molecular formula is C71H120O6. The van der Waals surface area contributed by atoms with Crippen molar-refractivity contribution in [3.63, 3.8) is 0 Å². The predicted octanol–water partition coefficient (Wildman–Crippen LogP) is 22.2. The third kappa shape index (κ3) is 62.8. The summed E-state index contributed by atoms with van der Waals surface area (Å²) in [5, 5.41) is 0. The number of rotatable bonds is 58. The van der Waals surface area contributed by atoms with Crippen molar-refractivity contribution >= 4 is 17.9 Å². The lowest BCUT2D eigenvalue weighted by Gasteiger charge is -2.18. The highest BCUT2D eigenvalue weighted by molar-refractivity contribution is 5.71. The fraction of sp³-hybridized carbons (Fsp3) is 0.704.